The maximum absolute atomic E-state index is 11.4. The van der Waals surface area contributed by atoms with E-state index in [0.29, 0.717) is 18.8 Å². The molecule has 0 bridgehead atoms. The normalized spacial score (nSPS) is 12.4. The van der Waals surface area contributed by atoms with Gasteiger partial charge in [-0.2, -0.15) is 0 Å². The number of rotatable bonds is 6. The van der Waals surface area contributed by atoms with Crippen molar-refractivity contribution in [1.82, 2.24) is 20.5 Å². The zero-order chi connectivity index (χ0) is 12.0. The Balaban J connectivity index is 2.25. The molecule has 1 rings (SSSR count). The second-order valence-corrected chi connectivity index (χ2v) is 3.40. The summed E-state index contributed by atoms with van der Waals surface area (Å²) < 4.78 is 4.76. The Hall–Kier alpha value is -1.47. The lowest BCUT2D eigenvalue weighted by Gasteiger charge is -2.08. The van der Waals surface area contributed by atoms with E-state index in [1.807, 2.05) is 0 Å². The van der Waals surface area contributed by atoms with Crippen molar-refractivity contribution in [3.8, 4) is 0 Å². The number of hydrogen-bond acceptors (Lipinski definition) is 5. The summed E-state index contributed by atoms with van der Waals surface area (Å²) >= 11 is 0. The molecule has 0 aliphatic heterocycles. The fourth-order valence-electron chi connectivity index (χ4n) is 1.15. The van der Waals surface area contributed by atoms with Gasteiger partial charge in [-0.25, -0.2) is 4.98 Å². The molecule has 0 radical (unpaired) electrons. The number of H-pyrrole nitrogens is 1. The van der Waals surface area contributed by atoms with E-state index in [2.05, 4.69) is 20.5 Å². The summed E-state index contributed by atoms with van der Waals surface area (Å²) in [7, 11) is 1.51. The number of amides is 1. The molecule has 0 aromatic carbocycles. The second kappa shape index (κ2) is 6.19. The molecule has 1 aromatic rings. The highest BCUT2D eigenvalue weighted by Gasteiger charge is 2.11. The fourth-order valence-corrected chi connectivity index (χ4v) is 1.15. The van der Waals surface area contributed by atoms with Gasteiger partial charge in [0.05, 0.1) is 12.7 Å². The number of methoxy groups -OCH3 is 1. The lowest BCUT2D eigenvalue weighted by atomic mass is 10.2. The van der Waals surface area contributed by atoms with E-state index in [9.17, 15) is 9.90 Å². The number of carbonyl (C=O) groups excluding carboxylic acids is 1. The van der Waals surface area contributed by atoms with Crippen molar-refractivity contribution in [3.63, 3.8) is 0 Å². The lowest BCUT2D eigenvalue weighted by Crippen LogP contribution is -2.29. The average Bonchev–Trinajstić information content (AvgIpc) is 2.65. The van der Waals surface area contributed by atoms with Gasteiger partial charge in [0.1, 0.15) is 5.82 Å². The minimum absolute atomic E-state index is 0.110. The Morgan fingerprint density at radius 3 is 3.00 bits per heavy atom. The number of aryl methyl sites for hydroxylation is 1. The minimum atomic E-state index is -0.570. The molecule has 0 fully saturated rings. The van der Waals surface area contributed by atoms with E-state index in [4.69, 9.17) is 4.74 Å². The van der Waals surface area contributed by atoms with Crippen LogP contribution in [0, 0.1) is 6.92 Å². The molecule has 0 saturated carbocycles. The van der Waals surface area contributed by atoms with Gasteiger partial charge in [-0.05, 0) is 13.3 Å². The van der Waals surface area contributed by atoms with Crippen LogP contribution in [-0.2, 0) is 4.74 Å². The summed E-state index contributed by atoms with van der Waals surface area (Å²) in [6.45, 7) is 2.33. The lowest BCUT2D eigenvalue weighted by molar-refractivity contribution is 0.0587. The highest BCUT2D eigenvalue weighted by molar-refractivity contribution is 5.90. The van der Waals surface area contributed by atoms with Crippen LogP contribution < -0.4 is 5.32 Å². The van der Waals surface area contributed by atoms with Gasteiger partial charge in [0.2, 0.25) is 5.82 Å². The van der Waals surface area contributed by atoms with Gasteiger partial charge in [0, 0.05) is 13.7 Å². The van der Waals surface area contributed by atoms with E-state index in [0.717, 1.165) is 0 Å². The van der Waals surface area contributed by atoms with E-state index < -0.39 is 6.10 Å². The summed E-state index contributed by atoms with van der Waals surface area (Å²) in [6.07, 6.45) is -0.137. The molecule has 1 aromatic heterocycles. The molecule has 0 aliphatic carbocycles. The van der Waals surface area contributed by atoms with Crippen LogP contribution in [-0.4, -0.2) is 52.6 Å². The molecule has 1 heterocycles. The van der Waals surface area contributed by atoms with Crippen LogP contribution in [0.3, 0.4) is 0 Å². The number of nitrogens with one attached hydrogen (secondary N) is 2. The van der Waals surface area contributed by atoms with E-state index in [1.54, 1.807) is 6.92 Å². The van der Waals surface area contributed by atoms with Crippen molar-refractivity contribution in [2.24, 2.45) is 0 Å². The summed E-state index contributed by atoms with van der Waals surface area (Å²) in [4.78, 5) is 15.3. The number of aromatic nitrogens is 3. The van der Waals surface area contributed by atoms with Gasteiger partial charge < -0.3 is 15.2 Å². The number of hydrogen-bond donors (Lipinski definition) is 3. The maximum Gasteiger partial charge on any atom is 0.290 e. The summed E-state index contributed by atoms with van der Waals surface area (Å²) in [6, 6.07) is 0. The molecule has 0 aliphatic rings. The van der Waals surface area contributed by atoms with Crippen molar-refractivity contribution in [1.29, 1.82) is 0 Å². The van der Waals surface area contributed by atoms with Gasteiger partial charge in [-0.1, -0.05) is 0 Å². The van der Waals surface area contributed by atoms with Crippen molar-refractivity contribution < 1.29 is 14.6 Å². The first-order valence-corrected chi connectivity index (χ1v) is 4.97. The number of carbonyl (C=O) groups is 1. The number of aliphatic hydroxyl groups is 1. The Morgan fingerprint density at radius 2 is 2.44 bits per heavy atom. The largest absolute Gasteiger partial charge is 0.391 e. The molecule has 3 N–H and O–H groups in total. The quantitative estimate of drug-likeness (QED) is 0.594. The van der Waals surface area contributed by atoms with Crippen molar-refractivity contribution >= 4 is 5.91 Å². The third kappa shape index (κ3) is 3.95. The molecule has 1 atom stereocenters. The molecule has 1 unspecified atom stereocenters. The van der Waals surface area contributed by atoms with Gasteiger partial charge >= 0.3 is 0 Å². The van der Waals surface area contributed by atoms with Crippen LogP contribution in [0.15, 0.2) is 0 Å². The van der Waals surface area contributed by atoms with Crippen molar-refractivity contribution in [2.75, 3.05) is 20.3 Å². The number of ether oxygens (including phenoxy) is 1. The van der Waals surface area contributed by atoms with Crippen molar-refractivity contribution in [2.45, 2.75) is 19.4 Å². The molecule has 1 amide bonds. The first kappa shape index (κ1) is 12.6. The number of nitrogens with zero attached hydrogens (tertiary/aromatic N) is 2. The Labute approximate surface area is 93.2 Å². The van der Waals surface area contributed by atoms with E-state index in [-0.39, 0.29) is 18.3 Å². The van der Waals surface area contributed by atoms with Gasteiger partial charge in [0.15, 0.2) is 0 Å². The Morgan fingerprint density at radius 1 is 1.69 bits per heavy atom. The third-order valence-corrected chi connectivity index (χ3v) is 1.92. The number of aliphatic hydroxyl groups excluding tert-OH is 1. The van der Waals surface area contributed by atoms with Crippen LogP contribution in [0.25, 0.3) is 0 Å². The van der Waals surface area contributed by atoms with Crippen molar-refractivity contribution in [3.05, 3.63) is 11.6 Å². The van der Waals surface area contributed by atoms with Crippen LogP contribution in [0.5, 0.6) is 0 Å². The predicted octanol–water partition coefficient (Wildman–Crippen LogP) is -0.760. The molecule has 7 nitrogen and oxygen atoms in total. The van der Waals surface area contributed by atoms with Gasteiger partial charge in [-0.3, -0.25) is 9.89 Å². The highest BCUT2D eigenvalue weighted by atomic mass is 16.5. The Bertz CT molecular complexity index is 339. The molecule has 7 heteroatoms. The second-order valence-electron chi connectivity index (χ2n) is 3.40. The highest BCUT2D eigenvalue weighted by Crippen LogP contribution is 1.93. The van der Waals surface area contributed by atoms with Crippen LogP contribution >= 0.6 is 0 Å². The SMILES string of the molecule is COCC(O)CCNC(=O)c1n[nH]c(C)n1. The van der Waals surface area contributed by atoms with Crippen LogP contribution in [0.4, 0.5) is 0 Å². The number of aromatic amines is 1. The van der Waals surface area contributed by atoms with Gasteiger partial charge in [0.25, 0.3) is 5.91 Å². The van der Waals surface area contributed by atoms with Crippen LogP contribution in [0.1, 0.15) is 22.9 Å². The molecule has 0 spiro atoms. The predicted molar refractivity (Wildman–Crippen MR) is 56.0 cm³/mol. The fraction of sp³-hybridized carbons (Fsp3) is 0.667. The zero-order valence-electron chi connectivity index (χ0n) is 9.36. The van der Waals surface area contributed by atoms with E-state index in [1.165, 1.54) is 7.11 Å². The molecular formula is C9H16N4O3. The smallest absolute Gasteiger partial charge is 0.290 e. The maximum atomic E-state index is 11.4. The first-order chi connectivity index (χ1) is 7.63. The minimum Gasteiger partial charge on any atom is -0.391 e. The average molecular weight is 228 g/mol. The Kier molecular flexibility index (Phi) is 4.87. The first-order valence-electron chi connectivity index (χ1n) is 4.97. The zero-order valence-corrected chi connectivity index (χ0v) is 9.36. The standard InChI is InChI=1S/C9H16N4O3/c1-6-11-8(13-12-6)9(15)10-4-3-7(14)5-16-2/h7,14H,3-5H2,1-2H3,(H,10,15)(H,11,12,13). The summed E-state index contributed by atoms with van der Waals surface area (Å²) in [5.74, 6) is 0.345. The molecule has 16 heavy (non-hydrogen) atoms. The van der Waals surface area contributed by atoms with Crippen LogP contribution in [0.2, 0.25) is 0 Å². The molecular weight excluding hydrogens is 212 g/mol. The topological polar surface area (TPSA) is 100 Å². The molecule has 0 saturated heterocycles. The molecule has 90 valence electrons. The third-order valence-electron chi connectivity index (χ3n) is 1.92. The monoisotopic (exact) mass is 228 g/mol. The summed E-state index contributed by atoms with van der Waals surface area (Å²) in [5, 5.41) is 18.2. The summed E-state index contributed by atoms with van der Waals surface area (Å²) in [5.41, 5.74) is 0. The van der Waals surface area contributed by atoms with E-state index >= 15 is 0 Å². The van der Waals surface area contributed by atoms with Gasteiger partial charge in [-0.15, -0.1) is 5.10 Å².